The van der Waals surface area contributed by atoms with Crippen molar-refractivity contribution in [2.45, 2.75) is 12.7 Å². The quantitative estimate of drug-likeness (QED) is 0.476. The van der Waals surface area contributed by atoms with Crippen LogP contribution in [0.3, 0.4) is 0 Å². The van der Waals surface area contributed by atoms with Gasteiger partial charge in [-0.25, -0.2) is 0 Å². The van der Waals surface area contributed by atoms with Crippen molar-refractivity contribution >= 4 is 27.5 Å². The number of halogens is 3. The van der Waals surface area contributed by atoms with E-state index in [-0.39, 0.29) is 6.54 Å². The predicted octanol–water partition coefficient (Wildman–Crippen LogP) is 5.84. The highest BCUT2D eigenvalue weighted by atomic mass is 19.4. The lowest BCUT2D eigenvalue weighted by Crippen LogP contribution is -2.36. The Labute approximate surface area is 159 Å². The molecule has 0 atom stereocenters. The van der Waals surface area contributed by atoms with Crippen LogP contribution in [0.15, 0.2) is 78.9 Å². The highest BCUT2D eigenvalue weighted by Gasteiger charge is 2.38. The molecular weight excluding hydrogens is 363 g/mol. The normalized spacial score (nSPS) is 11.7. The van der Waals surface area contributed by atoms with Gasteiger partial charge in [-0.2, -0.15) is 13.2 Å². The minimum Gasteiger partial charge on any atom is -0.344 e. The summed E-state index contributed by atoms with van der Waals surface area (Å²) in [5.41, 5.74) is 2.39. The molecule has 0 bridgehead atoms. The van der Waals surface area contributed by atoms with Gasteiger partial charge in [-0.3, -0.25) is 4.79 Å². The molecule has 4 aromatic carbocycles. The lowest BCUT2D eigenvalue weighted by atomic mass is 9.90. The van der Waals surface area contributed by atoms with E-state index in [1.54, 1.807) is 6.07 Å². The molecule has 0 unspecified atom stereocenters. The van der Waals surface area contributed by atoms with E-state index in [0.717, 1.165) is 32.7 Å². The average Bonchev–Trinajstić information content (AvgIpc) is 2.70. The Morgan fingerprint density at radius 3 is 2.07 bits per heavy atom. The number of carbonyl (C=O) groups excluding carboxylic acids is 1. The van der Waals surface area contributed by atoms with E-state index in [9.17, 15) is 18.0 Å². The van der Waals surface area contributed by atoms with Gasteiger partial charge in [0.25, 0.3) is 0 Å². The fraction of sp³-hybridized carbons (Fsp3) is 0.0870. The van der Waals surface area contributed by atoms with Gasteiger partial charge in [0.05, 0.1) is 0 Å². The minimum atomic E-state index is -4.91. The van der Waals surface area contributed by atoms with Gasteiger partial charge >= 0.3 is 12.1 Å². The van der Waals surface area contributed by atoms with Crippen LogP contribution in [-0.2, 0) is 11.3 Å². The second kappa shape index (κ2) is 7.00. The van der Waals surface area contributed by atoms with E-state index >= 15 is 0 Å². The first-order valence-electron chi connectivity index (χ1n) is 8.79. The van der Waals surface area contributed by atoms with Crippen molar-refractivity contribution in [2.24, 2.45) is 0 Å². The van der Waals surface area contributed by atoms with Crippen LogP contribution in [0.1, 0.15) is 5.56 Å². The van der Waals surface area contributed by atoms with E-state index in [2.05, 4.69) is 0 Å². The summed E-state index contributed by atoms with van der Waals surface area (Å²) in [5, 5.41) is 5.95. The van der Waals surface area contributed by atoms with Crippen molar-refractivity contribution in [2.75, 3.05) is 0 Å². The second-order valence-corrected chi connectivity index (χ2v) is 6.53. The molecule has 0 saturated carbocycles. The van der Waals surface area contributed by atoms with Crippen LogP contribution in [0.25, 0.3) is 32.7 Å². The lowest BCUT2D eigenvalue weighted by molar-refractivity contribution is -0.173. The maximum absolute atomic E-state index is 12.6. The summed E-state index contributed by atoms with van der Waals surface area (Å²) in [6.45, 7) is -0.207. The zero-order valence-corrected chi connectivity index (χ0v) is 14.8. The topological polar surface area (TPSA) is 29.1 Å². The summed E-state index contributed by atoms with van der Waals surface area (Å²) < 4.78 is 37.9. The molecule has 1 amide bonds. The van der Waals surface area contributed by atoms with Gasteiger partial charge in [-0.15, -0.1) is 0 Å². The Hall–Kier alpha value is -3.34. The maximum Gasteiger partial charge on any atom is 0.471 e. The zero-order chi connectivity index (χ0) is 19.7. The molecule has 0 saturated heterocycles. The molecule has 0 heterocycles. The number of amides is 1. The zero-order valence-electron chi connectivity index (χ0n) is 14.8. The van der Waals surface area contributed by atoms with Crippen LogP contribution >= 0.6 is 0 Å². The number of hydrogen-bond acceptors (Lipinski definition) is 1. The molecular formula is C23H16F3NO. The van der Waals surface area contributed by atoms with Gasteiger partial charge in [-0.05, 0) is 38.2 Å². The van der Waals surface area contributed by atoms with E-state index in [1.807, 2.05) is 78.1 Å². The molecule has 28 heavy (non-hydrogen) atoms. The molecule has 0 aliphatic rings. The SMILES string of the molecule is O=C(NCc1ccc2ccccc2c1-c1cccc2ccccc12)C(F)(F)F. The first-order valence-corrected chi connectivity index (χ1v) is 8.79. The third kappa shape index (κ3) is 3.31. The lowest BCUT2D eigenvalue weighted by Gasteiger charge is -2.16. The van der Waals surface area contributed by atoms with E-state index in [1.165, 1.54) is 0 Å². The smallest absolute Gasteiger partial charge is 0.344 e. The molecule has 0 aliphatic carbocycles. The molecule has 1 N–H and O–H groups in total. The third-order valence-electron chi connectivity index (χ3n) is 4.77. The molecule has 0 aromatic heterocycles. The average molecular weight is 379 g/mol. The van der Waals surface area contributed by atoms with Crippen molar-refractivity contribution in [3.63, 3.8) is 0 Å². The summed E-state index contributed by atoms with van der Waals surface area (Å²) in [7, 11) is 0. The predicted molar refractivity (Wildman–Crippen MR) is 105 cm³/mol. The van der Waals surface area contributed by atoms with Crippen LogP contribution in [0, 0.1) is 0 Å². The Balaban J connectivity index is 1.91. The number of alkyl halides is 3. The van der Waals surface area contributed by atoms with Crippen molar-refractivity contribution < 1.29 is 18.0 Å². The number of carbonyl (C=O) groups is 1. The Morgan fingerprint density at radius 2 is 1.36 bits per heavy atom. The number of hydrogen-bond donors (Lipinski definition) is 1. The summed E-state index contributed by atoms with van der Waals surface area (Å²) in [5.74, 6) is -1.94. The third-order valence-corrected chi connectivity index (χ3v) is 4.77. The fourth-order valence-electron chi connectivity index (χ4n) is 3.50. The van der Waals surface area contributed by atoms with Gasteiger partial charge in [0.15, 0.2) is 0 Å². The maximum atomic E-state index is 12.6. The van der Waals surface area contributed by atoms with Crippen LogP contribution in [-0.4, -0.2) is 12.1 Å². The standard InChI is InChI=1S/C23H16F3NO/c24-23(25,26)22(28)27-14-17-13-12-16-7-2-4-10-19(16)21(17)20-11-5-8-15-6-1-3-9-18(15)20/h1-13H,14H2,(H,27,28). The van der Waals surface area contributed by atoms with Gasteiger partial charge in [0.1, 0.15) is 0 Å². The molecule has 0 radical (unpaired) electrons. The highest BCUT2D eigenvalue weighted by Crippen LogP contribution is 2.36. The number of nitrogens with one attached hydrogen (secondary N) is 1. The number of rotatable bonds is 3. The summed E-state index contributed by atoms with van der Waals surface area (Å²) >= 11 is 0. The van der Waals surface area contributed by atoms with Crippen molar-refractivity contribution in [1.82, 2.24) is 5.32 Å². The van der Waals surface area contributed by atoms with E-state index < -0.39 is 12.1 Å². The molecule has 0 fully saturated rings. The molecule has 140 valence electrons. The van der Waals surface area contributed by atoms with Crippen LogP contribution < -0.4 is 5.32 Å². The Morgan fingerprint density at radius 1 is 0.750 bits per heavy atom. The fourth-order valence-corrected chi connectivity index (χ4v) is 3.50. The Bertz CT molecular complexity index is 1180. The first-order chi connectivity index (χ1) is 13.4. The monoisotopic (exact) mass is 379 g/mol. The van der Waals surface area contributed by atoms with Gasteiger partial charge < -0.3 is 5.32 Å². The van der Waals surface area contributed by atoms with Gasteiger partial charge in [0.2, 0.25) is 0 Å². The number of benzene rings is 4. The molecule has 0 spiro atoms. The highest BCUT2D eigenvalue weighted by molar-refractivity contribution is 6.06. The van der Waals surface area contributed by atoms with Gasteiger partial charge in [-0.1, -0.05) is 78.9 Å². The van der Waals surface area contributed by atoms with Crippen LogP contribution in [0.5, 0.6) is 0 Å². The molecule has 4 aromatic rings. The minimum absolute atomic E-state index is 0.207. The molecule has 5 heteroatoms. The van der Waals surface area contributed by atoms with Crippen molar-refractivity contribution in [3.8, 4) is 11.1 Å². The van der Waals surface area contributed by atoms with E-state index in [4.69, 9.17) is 0 Å². The molecule has 0 aliphatic heterocycles. The summed E-state index contributed by atoms with van der Waals surface area (Å²) in [6.07, 6.45) is -4.91. The van der Waals surface area contributed by atoms with Crippen LogP contribution in [0.4, 0.5) is 13.2 Å². The van der Waals surface area contributed by atoms with Crippen LogP contribution in [0.2, 0.25) is 0 Å². The summed E-state index contributed by atoms with van der Waals surface area (Å²) in [6, 6.07) is 25.1. The Kier molecular flexibility index (Phi) is 4.51. The second-order valence-electron chi connectivity index (χ2n) is 6.53. The summed E-state index contributed by atoms with van der Waals surface area (Å²) in [4.78, 5) is 11.3. The van der Waals surface area contributed by atoms with Crippen molar-refractivity contribution in [1.29, 1.82) is 0 Å². The molecule has 2 nitrogen and oxygen atoms in total. The number of fused-ring (bicyclic) bond motifs is 2. The van der Waals surface area contributed by atoms with Gasteiger partial charge in [0, 0.05) is 6.54 Å². The first kappa shape index (κ1) is 18.0. The van der Waals surface area contributed by atoms with E-state index in [0.29, 0.717) is 5.56 Å². The largest absolute Gasteiger partial charge is 0.471 e. The molecule has 4 rings (SSSR count). The van der Waals surface area contributed by atoms with Crippen molar-refractivity contribution in [3.05, 3.63) is 84.4 Å².